The van der Waals surface area contributed by atoms with Gasteiger partial charge in [0.05, 0.1) is 0 Å². The highest BCUT2D eigenvalue weighted by Gasteiger charge is 2.02. The summed E-state index contributed by atoms with van der Waals surface area (Å²) in [6.07, 6.45) is 4.46. The molecule has 0 aliphatic heterocycles. The second kappa shape index (κ2) is 5.36. The summed E-state index contributed by atoms with van der Waals surface area (Å²) in [6.45, 7) is 13.2. The second-order valence-electron chi connectivity index (χ2n) is 4.82. The molecule has 0 unspecified atom stereocenters. The van der Waals surface area contributed by atoms with Gasteiger partial charge in [0.1, 0.15) is 0 Å². The third-order valence-corrected chi connectivity index (χ3v) is 1.43. The Morgan fingerprint density at radius 2 is 1.83 bits per heavy atom. The lowest BCUT2D eigenvalue weighted by Crippen LogP contribution is -2.19. The minimum atomic E-state index is 0.319. The molecule has 0 aromatic carbocycles. The predicted molar refractivity (Wildman–Crippen MR) is 56.3 cm³/mol. The molecule has 0 radical (unpaired) electrons. The maximum Gasteiger partial charge on any atom is 0.0135 e. The summed E-state index contributed by atoms with van der Waals surface area (Å²) in [5.74, 6) is 0.744. The number of hydrogen-bond donors (Lipinski definition) is 1. The van der Waals surface area contributed by atoms with Crippen LogP contribution in [0.1, 0.15) is 34.6 Å². The first-order valence-electron chi connectivity index (χ1n) is 4.80. The average Bonchev–Trinajstić information content (AvgIpc) is 1.83. The largest absolute Gasteiger partial charge is 0.313 e. The Bertz CT molecular complexity index is 128. The van der Waals surface area contributed by atoms with Crippen LogP contribution in [0.4, 0.5) is 0 Å². The summed E-state index contributed by atoms with van der Waals surface area (Å²) in [7, 11) is 0. The molecule has 0 heterocycles. The van der Waals surface area contributed by atoms with Gasteiger partial charge in [0.2, 0.25) is 0 Å². The molecule has 0 amide bonds. The van der Waals surface area contributed by atoms with Crippen molar-refractivity contribution in [2.45, 2.75) is 34.6 Å². The fraction of sp³-hybridized carbons (Fsp3) is 0.818. The fourth-order valence-corrected chi connectivity index (χ4v) is 0.868. The quantitative estimate of drug-likeness (QED) is 0.504. The van der Waals surface area contributed by atoms with Crippen molar-refractivity contribution in [2.24, 2.45) is 11.3 Å². The molecule has 0 aliphatic carbocycles. The van der Waals surface area contributed by atoms with E-state index in [1.807, 2.05) is 0 Å². The van der Waals surface area contributed by atoms with Gasteiger partial charge in [-0.15, -0.1) is 0 Å². The van der Waals surface area contributed by atoms with E-state index < -0.39 is 0 Å². The molecule has 0 spiro atoms. The van der Waals surface area contributed by atoms with Crippen LogP contribution >= 0.6 is 0 Å². The van der Waals surface area contributed by atoms with Crippen molar-refractivity contribution in [3.63, 3.8) is 0 Å². The molecule has 0 aliphatic rings. The Hall–Kier alpha value is -0.300. The van der Waals surface area contributed by atoms with Crippen molar-refractivity contribution in [1.82, 2.24) is 5.32 Å². The van der Waals surface area contributed by atoms with Crippen LogP contribution in [0.15, 0.2) is 12.2 Å². The maximum absolute atomic E-state index is 3.37. The van der Waals surface area contributed by atoms with Crippen molar-refractivity contribution in [1.29, 1.82) is 0 Å². The second-order valence-corrected chi connectivity index (χ2v) is 4.82. The molecule has 0 saturated heterocycles. The van der Waals surface area contributed by atoms with E-state index in [2.05, 4.69) is 52.1 Å². The molecule has 1 N–H and O–H groups in total. The predicted octanol–water partition coefficient (Wildman–Crippen LogP) is 2.83. The highest BCUT2D eigenvalue weighted by molar-refractivity contribution is 4.93. The molecular weight excluding hydrogens is 146 g/mol. The Morgan fingerprint density at radius 1 is 1.25 bits per heavy atom. The molecule has 0 aromatic rings. The molecule has 0 atom stereocenters. The lowest BCUT2D eigenvalue weighted by molar-refractivity contribution is 0.537. The van der Waals surface area contributed by atoms with Gasteiger partial charge >= 0.3 is 0 Å². The first-order valence-corrected chi connectivity index (χ1v) is 4.80. The highest BCUT2D eigenvalue weighted by atomic mass is 14.8. The standard InChI is InChI=1S/C11H23N/c1-10(2)9-12-8-6-7-11(3,4)5/h6-7,10,12H,8-9H2,1-5H3. The normalized spacial score (nSPS) is 13.2. The van der Waals surface area contributed by atoms with Gasteiger partial charge in [0.15, 0.2) is 0 Å². The third-order valence-electron chi connectivity index (χ3n) is 1.43. The summed E-state index contributed by atoms with van der Waals surface area (Å²) < 4.78 is 0. The molecule has 0 rings (SSSR count). The number of allylic oxidation sites excluding steroid dienone is 1. The van der Waals surface area contributed by atoms with Crippen LogP contribution in [0, 0.1) is 11.3 Å². The number of hydrogen-bond acceptors (Lipinski definition) is 1. The minimum absolute atomic E-state index is 0.319. The van der Waals surface area contributed by atoms with E-state index in [9.17, 15) is 0 Å². The number of nitrogens with one attached hydrogen (secondary N) is 1. The molecule has 0 fully saturated rings. The van der Waals surface area contributed by atoms with E-state index in [1.54, 1.807) is 0 Å². The van der Waals surface area contributed by atoms with Crippen LogP contribution in [0.5, 0.6) is 0 Å². The summed E-state index contributed by atoms with van der Waals surface area (Å²) in [5, 5.41) is 3.37. The number of rotatable bonds is 4. The zero-order valence-corrected chi connectivity index (χ0v) is 9.15. The summed E-state index contributed by atoms with van der Waals surface area (Å²) in [6, 6.07) is 0. The summed E-state index contributed by atoms with van der Waals surface area (Å²) >= 11 is 0. The molecule has 1 nitrogen and oxygen atoms in total. The van der Waals surface area contributed by atoms with Gasteiger partial charge in [-0.2, -0.15) is 0 Å². The van der Waals surface area contributed by atoms with Crippen LogP contribution in [0.2, 0.25) is 0 Å². The van der Waals surface area contributed by atoms with E-state index in [4.69, 9.17) is 0 Å². The Morgan fingerprint density at radius 3 is 2.25 bits per heavy atom. The maximum atomic E-state index is 3.37. The zero-order chi connectivity index (χ0) is 9.61. The van der Waals surface area contributed by atoms with Crippen LogP contribution in [-0.2, 0) is 0 Å². The van der Waals surface area contributed by atoms with Gasteiger partial charge in [-0.3, -0.25) is 0 Å². The van der Waals surface area contributed by atoms with Gasteiger partial charge in [-0.05, 0) is 17.9 Å². The Labute approximate surface area is 77.2 Å². The lowest BCUT2D eigenvalue weighted by atomic mass is 9.96. The molecule has 0 bridgehead atoms. The van der Waals surface area contributed by atoms with Gasteiger partial charge in [-0.25, -0.2) is 0 Å². The summed E-state index contributed by atoms with van der Waals surface area (Å²) in [4.78, 5) is 0. The van der Waals surface area contributed by atoms with E-state index in [1.165, 1.54) is 0 Å². The third kappa shape index (κ3) is 9.70. The van der Waals surface area contributed by atoms with E-state index in [-0.39, 0.29) is 0 Å². The van der Waals surface area contributed by atoms with Crippen molar-refractivity contribution in [3.05, 3.63) is 12.2 Å². The Kier molecular flexibility index (Phi) is 5.23. The molecular formula is C11H23N. The van der Waals surface area contributed by atoms with Gasteiger partial charge < -0.3 is 5.32 Å². The summed E-state index contributed by atoms with van der Waals surface area (Å²) in [5.41, 5.74) is 0.319. The molecule has 1 heteroatoms. The zero-order valence-electron chi connectivity index (χ0n) is 9.15. The van der Waals surface area contributed by atoms with Crippen molar-refractivity contribution in [2.75, 3.05) is 13.1 Å². The SMILES string of the molecule is CC(C)CNCC=CC(C)(C)C. The topological polar surface area (TPSA) is 12.0 Å². The highest BCUT2D eigenvalue weighted by Crippen LogP contribution is 2.13. The lowest BCUT2D eigenvalue weighted by Gasteiger charge is -2.11. The monoisotopic (exact) mass is 169 g/mol. The van der Waals surface area contributed by atoms with Gasteiger partial charge in [0.25, 0.3) is 0 Å². The first kappa shape index (κ1) is 11.7. The molecule has 0 aromatic heterocycles. The average molecular weight is 169 g/mol. The Balaban J connectivity index is 3.37. The molecule has 12 heavy (non-hydrogen) atoms. The van der Waals surface area contributed by atoms with Crippen LogP contribution in [-0.4, -0.2) is 13.1 Å². The van der Waals surface area contributed by atoms with Gasteiger partial charge in [0, 0.05) is 6.54 Å². The fourth-order valence-electron chi connectivity index (χ4n) is 0.868. The van der Waals surface area contributed by atoms with Crippen molar-refractivity contribution >= 4 is 0 Å². The molecule has 0 saturated carbocycles. The van der Waals surface area contributed by atoms with Crippen LogP contribution in [0.3, 0.4) is 0 Å². The minimum Gasteiger partial charge on any atom is -0.313 e. The van der Waals surface area contributed by atoms with Crippen LogP contribution < -0.4 is 5.32 Å². The molecule has 72 valence electrons. The van der Waals surface area contributed by atoms with Crippen LogP contribution in [0.25, 0.3) is 0 Å². The van der Waals surface area contributed by atoms with E-state index in [0.717, 1.165) is 19.0 Å². The smallest absolute Gasteiger partial charge is 0.0135 e. The van der Waals surface area contributed by atoms with E-state index in [0.29, 0.717) is 5.41 Å². The first-order chi connectivity index (χ1) is 5.42. The van der Waals surface area contributed by atoms with E-state index >= 15 is 0 Å². The van der Waals surface area contributed by atoms with Crippen molar-refractivity contribution in [3.8, 4) is 0 Å². The van der Waals surface area contributed by atoms with Crippen molar-refractivity contribution < 1.29 is 0 Å². The van der Waals surface area contributed by atoms with Gasteiger partial charge in [-0.1, -0.05) is 46.8 Å².